The molecule has 0 spiro atoms. The van der Waals surface area contributed by atoms with Gasteiger partial charge in [0.15, 0.2) is 17.2 Å². The van der Waals surface area contributed by atoms with Gasteiger partial charge in [-0.3, -0.25) is 0 Å². The first-order valence-corrected chi connectivity index (χ1v) is 8.72. The van der Waals surface area contributed by atoms with Crippen LogP contribution in [0.15, 0.2) is 12.1 Å². The SMILES string of the molecule is N#[C][Fe]([C]#N)([C]#N)([C]#N)([C]#N)[C]#N.O=C(O)c1cc(O)c(O)c(O)c1. The maximum Gasteiger partial charge on any atom is 0.335 e. The predicted molar refractivity (Wildman–Crippen MR) is 72.1 cm³/mol. The summed E-state index contributed by atoms with van der Waals surface area (Å²) in [5.41, 5.74) is -0.289. The summed E-state index contributed by atoms with van der Waals surface area (Å²) in [5.74, 6) is -3.33. The number of hydrogen-bond acceptors (Lipinski definition) is 10. The molecule has 0 saturated heterocycles. The Morgan fingerprint density at radius 2 is 1.04 bits per heavy atom. The molecule has 0 aliphatic carbocycles. The van der Waals surface area contributed by atoms with Crippen molar-refractivity contribution in [2.45, 2.75) is 0 Å². The van der Waals surface area contributed by atoms with Gasteiger partial charge in [0.2, 0.25) is 0 Å². The maximum atomic E-state index is 10.3. The van der Waals surface area contributed by atoms with Crippen molar-refractivity contribution in [1.29, 1.82) is 31.6 Å². The number of aromatic hydroxyl groups is 3. The van der Waals surface area contributed by atoms with Crippen LogP contribution >= 0.6 is 0 Å². The number of hydrogen-bond donors (Lipinski definition) is 4. The van der Waals surface area contributed by atoms with Crippen molar-refractivity contribution < 1.29 is 36.0 Å². The van der Waals surface area contributed by atoms with Crippen LogP contribution in [0.3, 0.4) is 0 Å². The Hall–Kier alpha value is -4.45. The van der Waals surface area contributed by atoms with Gasteiger partial charge in [-0.1, -0.05) is 0 Å². The molecule has 0 bridgehead atoms. The summed E-state index contributed by atoms with van der Waals surface area (Å²) in [6.45, 7) is 0. The Kier molecular flexibility index (Phi) is 4.91. The van der Waals surface area contributed by atoms with Crippen LogP contribution in [-0.2, 0) is 10.7 Å². The molecule has 0 fully saturated rings. The number of carbonyl (C=O) groups is 1. The van der Waals surface area contributed by atoms with Crippen LogP contribution in [0.2, 0.25) is 0 Å². The van der Waals surface area contributed by atoms with Gasteiger partial charge in [-0.05, 0) is 12.1 Å². The van der Waals surface area contributed by atoms with E-state index in [1.54, 1.807) is 0 Å². The zero-order valence-electron chi connectivity index (χ0n) is 11.9. The molecule has 126 valence electrons. The number of rotatable bonds is 1. The van der Waals surface area contributed by atoms with Gasteiger partial charge in [-0.15, -0.1) is 0 Å². The fraction of sp³-hybridized carbons (Fsp3) is 0. The second-order valence-corrected chi connectivity index (χ2v) is 9.59. The summed E-state index contributed by atoms with van der Waals surface area (Å²) < 4.78 is 0. The fourth-order valence-electron chi connectivity index (χ4n) is 0.993. The number of phenolic OH excluding ortho intramolecular Hbond substituents is 3. The van der Waals surface area contributed by atoms with Crippen LogP contribution < -0.4 is 0 Å². The zero-order chi connectivity index (χ0) is 20.0. The molecule has 4 N–H and O–H groups in total. The third-order valence-electron chi connectivity index (χ3n) is 2.50. The molecule has 0 atom stereocenters. The van der Waals surface area contributed by atoms with Crippen molar-refractivity contribution in [3.8, 4) is 47.1 Å². The van der Waals surface area contributed by atoms with Gasteiger partial charge in [0, 0.05) is 0 Å². The number of carboxylic acids is 1. The van der Waals surface area contributed by atoms with Crippen molar-refractivity contribution in [3.05, 3.63) is 17.7 Å². The van der Waals surface area contributed by atoms with Crippen LogP contribution in [0.25, 0.3) is 0 Å². The molecule has 11 nitrogen and oxygen atoms in total. The van der Waals surface area contributed by atoms with Crippen LogP contribution in [0.5, 0.6) is 17.2 Å². The van der Waals surface area contributed by atoms with E-state index in [1.807, 2.05) is 0 Å². The number of aromatic carboxylic acids is 1. The molecule has 1 aromatic rings. The van der Waals surface area contributed by atoms with E-state index in [2.05, 4.69) is 0 Å². The summed E-state index contributed by atoms with van der Waals surface area (Å²) in [5, 5.41) is 86.4. The Morgan fingerprint density at radius 3 is 1.20 bits per heavy atom. The normalized spacial score (nSPS) is 11.6. The molecule has 1 aromatic carbocycles. The summed E-state index contributed by atoms with van der Waals surface area (Å²) >= 11 is 0. The van der Waals surface area contributed by atoms with E-state index in [-0.39, 0.29) is 5.56 Å². The molecule has 0 aliphatic rings. The summed E-state index contributed by atoms with van der Waals surface area (Å²) in [6, 6.07) is 1.69. The van der Waals surface area contributed by atoms with Gasteiger partial charge >= 0.3 is 78.1 Å². The molecular weight excluding hydrogens is 376 g/mol. The molecule has 0 aromatic heterocycles. The fourth-order valence-corrected chi connectivity index (χ4v) is 1.82. The molecule has 0 saturated carbocycles. The van der Waals surface area contributed by atoms with Crippen LogP contribution in [-0.4, -0.2) is 26.4 Å². The van der Waals surface area contributed by atoms with Gasteiger partial charge < -0.3 is 20.4 Å². The quantitative estimate of drug-likeness (QED) is 0.387. The molecule has 0 heterocycles. The minimum Gasteiger partial charge on any atom is -0.504 e. The van der Waals surface area contributed by atoms with Gasteiger partial charge in [-0.25, -0.2) is 4.79 Å². The van der Waals surface area contributed by atoms with E-state index in [0.29, 0.717) is 0 Å². The molecule has 0 aliphatic heterocycles. The summed E-state index contributed by atoms with van der Waals surface area (Å²) in [4.78, 5) is 16.5. The van der Waals surface area contributed by atoms with Crippen molar-refractivity contribution in [2.24, 2.45) is 0 Å². The second-order valence-electron chi connectivity index (χ2n) is 3.97. The number of carboxylic acid groups (broad SMARTS) is 1. The maximum absolute atomic E-state index is 10.3. The number of nitriles is 6. The third-order valence-corrected chi connectivity index (χ3v) is 6.21. The van der Waals surface area contributed by atoms with E-state index in [9.17, 15) is 4.79 Å². The predicted octanol–water partition coefficient (Wildman–Crippen LogP) is 0.600. The van der Waals surface area contributed by atoms with Crippen molar-refractivity contribution in [3.63, 3.8) is 0 Å². The van der Waals surface area contributed by atoms with Crippen molar-refractivity contribution in [1.82, 2.24) is 0 Å². The molecule has 0 amide bonds. The zero-order valence-corrected chi connectivity index (χ0v) is 13.0. The largest absolute Gasteiger partial charge is 0.504 e. The van der Waals surface area contributed by atoms with Crippen LogP contribution in [0, 0.1) is 61.4 Å². The standard InChI is InChI=1S/C7H6O5.6CN.Fe/c8-4-1-3(7(11)12)2-5(9)6(4)10;6*1-2;/h1-2,8-10H,(H,11,12);;;;;;;. The van der Waals surface area contributed by atoms with Crippen LogP contribution in [0.1, 0.15) is 10.4 Å². The minimum atomic E-state index is -6.17. The smallest absolute Gasteiger partial charge is 0.335 e. The van der Waals surface area contributed by atoms with E-state index >= 15 is 0 Å². The van der Waals surface area contributed by atoms with Crippen molar-refractivity contribution in [2.75, 3.05) is 0 Å². The van der Waals surface area contributed by atoms with E-state index in [4.69, 9.17) is 52.0 Å². The number of nitrogens with zero attached hydrogens (tertiary/aromatic N) is 6. The molecule has 1 rings (SSSR count). The first-order chi connectivity index (χ1) is 11.5. The van der Waals surface area contributed by atoms with Crippen molar-refractivity contribution >= 4 is 5.97 Å². The monoisotopic (exact) mass is 382 g/mol. The Labute approximate surface area is 138 Å². The van der Waals surface area contributed by atoms with E-state index in [0.717, 1.165) is 41.9 Å². The van der Waals surface area contributed by atoms with Gasteiger partial charge in [0.1, 0.15) is 0 Å². The topological polar surface area (TPSA) is 241 Å². The number of benzene rings is 1. The first kappa shape index (κ1) is 20.5. The second kappa shape index (κ2) is 5.98. The summed E-state index contributed by atoms with van der Waals surface area (Å²) in [6.07, 6.45) is 0. The molecule has 0 radical (unpaired) electrons. The van der Waals surface area contributed by atoms with E-state index < -0.39 is 34.0 Å². The Balaban J connectivity index is 0.000000462. The third kappa shape index (κ3) is 2.90. The van der Waals surface area contributed by atoms with Gasteiger partial charge in [0.25, 0.3) is 0 Å². The van der Waals surface area contributed by atoms with Gasteiger partial charge in [-0.2, -0.15) is 0 Å². The molecular formula is C13H6FeN6O5. The first-order valence-electron chi connectivity index (χ1n) is 5.41. The number of phenols is 3. The Bertz CT molecular complexity index is 871. The molecule has 0 unspecified atom stereocenters. The molecule has 12 heteroatoms. The van der Waals surface area contributed by atoms with Gasteiger partial charge in [0.05, 0.1) is 5.56 Å². The van der Waals surface area contributed by atoms with Crippen LogP contribution in [0.4, 0.5) is 0 Å². The Morgan fingerprint density at radius 1 is 0.760 bits per heavy atom. The summed E-state index contributed by atoms with van der Waals surface area (Å²) in [7, 11) is -6.17. The van der Waals surface area contributed by atoms with E-state index in [1.165, 1.54) is 0 Å². The average molecular weight is 382 g/mol. The molecule has 25 heavy (non-hydrogen) atoms. The minimum absolute atomic E-state index is 0.289. The average Bonchev–Trinajstić information content (AvgIpc) is 2.64.